The standard InChI is InChI=1S/C15H13NOS2/c1-10-7-8-18-14(10)15-16-13(9-19-15)11-3-5-12(17-2)6-4-11/h3-9H,1-2H3. The predicted octanol–water partition coefficient (Wildman–Crippen LogP) is 4.86. The summed E-state index contributed by atoms with van der Waals surface area (Å²) in [5.74, 6) is 0.869. The van der Waals surface area contributed by atoms with Crippen LogP contribution in [0.2, 0.25) is 0 Å². The molecule has 2 aromatic heterocycles. The fourth-order valence-electron chi connectivity index (χ4n) is 1.86. The van der Waals surface area contributed by atoms with Crippen molar-refractivity contribution in [1.82, 2.24) is 4.98 Å². The van der Waals surface area contributed by atoms with Crippen LogP contribution in [0.1, 0.15) is 5.56 Å². The van der Waals surface area contributed by atoms with Gasteiger partial charge in [0, 0.05) is 10.9 Å². The van der Waals surface area contributed by atoms with Crippen LogP contribution in [0.25, 0.3) is 21.1 Å². The van der Waals surface area contributed by atoms with E-state index in [2.05, 4.69) is 23.8 Å². The summed E-state index contributed by atoms with van der Waals surface area (Å²) in [5.41, 5.74) is 3.44. The molecule has 0 atom stereocenters. The third-order valence-electron chi connectivity index (χ3n) is 2.95. The van der Waals surface area contributed by atoms with Gasteiger partial charge in [0.15, 0.2) is 0 Å². The number of nitrogens with zero attached hydrogens (tertiary/aromatic N) is 1. The summed E-state index contributed by atoms with van der Waals surface area (Å²) in [6.45, 7) is 2.13. The van der Waals surface area contributed by atoms with E-state index in [9.17, 15) is 0 Å². The molecule has 19 heavy (non-hydrogen) atoms. The number of ether oxygens (including phenoxy) is 1. The molecule has 0 spiro atoms. The largest absolute Gasteiger partial charge is 0.497 e. The van der Waals surface area contributed by atoms with Gasteiger partial charge in [-0.25, -0.2) is 4.98 Å². The van der Waals surface area contributed by atoms with Gasteiger partial charge in [0.1, 0.15) is 10.8 Å². The van der Waals surface area contributed by atoms with Crippen LogP contribution < -0.4 is 4.74 Å². The van der Waals surface area contributed by atoms with Crippen molar-refractivity contribution in [3.05, 3.63) is 46.7 Å². The first-order chi connectivity index (χ1) is 9.28. The van der Waals surface area contributed by atoms with Gasteiger partial charge in [-0.15, -0.1) is 22.7 Å². The quantitative estimate of drug-likeness (QED) is 0.686. The highest BCUT2D eigenvalue weighted by atomic mass is 32.1. The first kappa shape index (κ1) is 12.4. The van der Waals surface area contributed by atoms with Crippen LogP contribution in [-0.2, 0) is 0 Å². The van der Waals surface area contributed by atoms with Crippen molar-refractivity contribution in [2.75, 3.05) is 7.11 Å². The summed E-state index contributed by atoms with van der Waals surface area (Å²) in [5, 5.41) is 5.31. The average molecular weight is 287 g/mol. The summed E-state index contributed by atoms with van der Waals surface area (Å²) < 4.78 is 5.17. The van der Waals surface area contributed by atoms with Crippen LogP contribution in [0.3, 0.4) is 0 Å². The van der Waals surface area contributed by atoms with Gasteiger partial charge in [0.2, 0.25) is 0 Å². The number of aryl methyl sites for hydroxylation is 1. The van der Waals surface area contributed by atoms with Crippen molar-refractivity contribution in [2.24, 2.45) is 0 Å². The van der Waals surface area contributed by atoms with Gasteiger partial charge in [-0.05, 0) is 48.2 Å². The minimum Gasteiger partial charge on any atom is -0.497 e. The Morgan fingerprint density at radius 2 is 1.84 bits per heavy atom. The Kier molecular flexibility index (Phi) is 3.36. The zero-order valence-electron chi connectivity index (χ0n) is 10.7. The van der Waals surface area contributed by atoms with E-state index in [1.165, 1.54) is 10.4 Å². The van der Waals surface area contributed by atoms with E-state index >= 15 is 0 Å². The number of thiophene rings is 1. The van der Waals surface area contributed by atoms with Crippen LogP contribution >= 0.6 is 22.7 Å². The fourth-order valence-corrected chi connectivity index (χ4v) is 3.79. The number of hydrogen-bond acceptors (Lipinski definition) is 4. The Morgan fingerprint density at radius 1 is 1.05 bits per heavy atom. The Bertz CT molecular complexity index is 682. The first-order valence-corrected chi connectivity index (χ1v) is 7.68. The average Bonchev–Trinajstić information content (AvgIpc) is 3.07. The minimum absolute atomic E-state index is 0.869. The molecule has 0 fully saturated rings. The lowest BCUT2D eigenvalue weighted by Gasteiger charge is -2.00. The molecule has 2 nitrogen and oxygen atoms in total. The first-order valence-electron chi connectivity index (χ1n) is 5.92. The van der Waals surface area contributed by atoms with Crippen LogP contribution in [0, 0.1) is 6.92 Å². The van der Waals surface area contributed by atoms with E-state index < -0.39 is 0 Å². The van der Waals surface area contributed by atoms with Gasteiger partial charge in [0.05, 0.1) is 17.7 Å². The lowest BCUT2D eigenvalue weighted by molar-refractivity contribution is 0.415. The number of rotatable bonds is 3. The molecular weight excluding hydrogens is 274 g/mol. The van der Waals surface area contributed by atoms with E-state index in [4.69, 9.17) is 9.72 Å². The normalized spacial score (nSPS) is 10.6. The van der Waals surface area contributed by atoms with Crippen LogP contribution in [-0.4, -0.2) is 12.1 Å². The molecule has 0 amide bonds. The van der Waals surface area contributed by atoms with Gasteiger partial charge in [-0.1, -0.05) is 0 Å². The summed E-state index contributed by atoms with van der Waals surface area (Å²) in [7, 11) is 1.68. The third-order valence-corrected chi connectivity index (χ3v) is 4.96. The predicted molar refractivity (Wildman–Crippen MR) is 82.2 cm³/mol. The highest BCUT2D eigenvalue weighted by Crippen LogP contribution is 2.34. The van der Waals surface area contributed by atoms with E-state index in [0.717, 1.165) is 22.0 Å². The van der Waals surface area contributed by atoms with Gasteiger partial charge in [-0.3, -0.25) is 0 Å². The zero-order valence-corrected chi connectivity index (χ0v) is 12.3. The number of thiazole rings is 1. The van der Waals surface area contributed by atoms with E-state index in [0.29, 0.717) is 0 Å². The van der Waals surface area contributed by atoms with Gasteiger partial charge in [0.25, 0.3) is 0 Å². The summed E-state index contributed by atoms with van der Waals surface area (Å²) in [6, 6.07) is 10.1. The molecule has 0 N–H and O–H groups in total. The second kappa shape index (κ2) is 5.15. The summed E-state index contributed by atoms with van der Waals surface area (Å²) in [4.78, 5) is 6.00. The number of benzene rings is 1. The Balaban J connectivity index is 1.94. The maximum absolute atomic E-state index is 5.17. The summed E-state index contributed by atoms with van der Waals surface area (Å²) >= 11 is 3.44. The van der Waals surface area contributed by atoms with Crippen LogP contribution in [0.15, 0.2) is 41.1 Å². The van der Waals surface area contributed by atoms with Gasteiger partial charge in [-0.2, -0.15) is 0 Å². The van der Waals surface area contributed by atoms with E-state index in [-0.39, 0.29) is 0 Å². The molecule has 0 bridgehead atoms. The SMILES string of the molecule is COc1ccc(-c2csc(-c3sccc3C)n2)cc1. The molecule has 0 saturated carbocycles. The molecule has 1 aromatic carbocycles. The Hall–Kier alpha value is -1.65. The Labute approximate surface area is 120 Å². The van der Waals surface area contributed by atoms with Crippen LogP contribution in [0.4, 0.5) is 0 Å². The fraction of sp³-hybridized carbons (Fsp3) is 0.133. The zero-order chi connectivity index (χ0) is 13.2. The summed E-state index contributed by atoms with van der Waals surface area (Å²) in [6.07, 6.45) is 0. The second-order valence-corrected chi connectivity index (χ2v) is 5.97. The number of aromatic nitrogens is 1. The van der Waals surface area contributed by atoms with Gasteiger partial charge < -0.3 is 4.74 Å². The highest BCUT2D eigenvalue weighted by Gasteiger charge is 2.09. The lowest BCUT2D eigenvalue weighted by Crippen LogP contribution is -1.83. The molecule has 2 heterocycles. The number of hydrogen-bond donors (Lipinski definition) is 0. The molecule has 3 aromatic rings. The maximum Gasteiger partial charge on any atom is 0.134 e. The van der Waals surface area contributed by atoms with Crippen molar-refractivity contribution in [2.45, 2.75) is 6.92 Å². The molecule has 0 saturated heterocycles. The highest BCUT2D eigenvalue weighted by molar-refractivity contribution is 7.20. The molecule has 0 aliphatic rings. The van der Waals surface area contributed by atoms with Crippen molar-refractivity contribution in [3.8, 4) is 26.9 Å². The van der Waals surface area contributed by atoms with Crippen molar-refractivity contribution in [3.63, 3.8) is 0 Å². The molecule has 0 aliphatic carbocycles. The second-order valence-electron chi connectivity index (χ2n) is 4.20. The van der Waals surface area contributed by atoms with Crippen molar-refractivity contribution >= 4 is 22.7 Å². The van der Waals surface area contributed by atoms with Gasteiger partial charge >= 0.3 is 0 Å². The van der Waals surface area contributed by atoms with E-state index in [1.54, 1.807) is 29.8 Å². The lowest BCUT2D eigenvalue weighted by atomic mass is 10.2. The van der Waals surface area contributed by atoms with E-state index in [1.807, 2.05) is 24.3 Å². The Morgan fingerprint density at radius 3 is 2.47 bits per heavy atom. The third kappa shape index (κ3) is 2.41. The molecule has 0 radical (unpaired) electrons. The molecule has 0 unspecified atom stereocenters. The molecule has 0 aliphatic heterocycles. The topological polar surface area (TPSA) is 22.1 Å². The monoisotopic (exact) mass is 287 g/mol. The number of methoxy groups -OCH3 is 1. The minimum atomic E-state index is 0.869. The maximum atomic E-state index is 5.17. The molecular formula is C15H13NOS2. The van der Waals surface area contributed by atoms with Crippen LogP contribution in [0.5, 0.6) is 5.75 Å². The van der Waals surface area contributed by atoms with Crippen molar-refractivity contribution < 1.29 is 4.74 Å². The molecule has 3 rings (SSSR count). The smallest absolute Gasteiger partial charge is 0.134 e. The molecule has 4 heteroatoms. The molecule has 96 valence electrons. The van der Waals surface area contributed by atoms with Crippen molar-refractivity contribution in [1.29, 1.82) is 0 Å².